The van der Waals surface area contributed by atoms with Gasteiger partial charge in [-0.05, 0) is 18.6 Å². The van der Waals surface area contributed by atoms with Crippen molar-refractivity contribution in [1.29, 1.82) is 0 Å². The van der Waals surface area contributed by atoms with Gasteiger partial charge in [-0.25, -0.2) is 0 Å². The molecule has 1 amide bonds. The average Bonchev–Trinajstić information content (AvgIpc) is 2.76. The number of rotatable bonds is 3. The van der Waals surface area contributed by atoms with Crippen molar-refractivity contribution in [2.45, 2.75) is 19.0 Å². The first kappa shape index (κ1) is 11.9. The zero-order valence-electron chi connectivity index (χ0n) is 10.8. The number of carbonyl (C=O) groups excluding carboxylic acids is 1. The Kier molecular flexibility index (Phi) is 3.05. The highest BCUT2D eigenvalue weighted by molar-refractivity contribution is 6.02. The lowest BCUT2D eigenvalue weighted by molar-refractivity contribution is -0.117. The van der Waals surface area contributed by atoms with E-state index in [0.717, 1.165) is 11.3 Å². The van der Waals surface area contributed by atoms with Crippen LogP contribution < -0.4 is 10.6 Å². The van der Waals surface area contributed by atoms with Crippen molar-refractivity contribution in [3.05, 3.63) is 65.7 Å². The second-order valence-corrected chi connectivity index (χ2v) is 4.81. The van der Waals surface area contributed by atoms with E-state index in [-0.39, 0.29) is 18.0 Å². The number of hydrogen-bond donors (Lipinski definition) is 2. The van der Waals surface area contributed by atoms with Crippen molar-refractivity contribution in [3.8, 4) is 0 Å². The second-order valence-electron chi connectivity index (χ2n) is 4.81. The SMILES string of the molecule is CC(NC1C(=O)Nc2ccccc21)c1ccccc1. The van der Waals surface area contributed by atoms with Crippen molar-refractivity contribution < 1.29 is 4.79 Å². The number of anilines is 1. The molecular formula is C16H16N2O. The first-order chi connectivity index (χ1) is 9.25. The molecule has 0 saturated heterocycles. The summed E-state index contributed by atoms with van der Waals surface area (Å²) in [7, 11) is 0. The summed E-state index contributed by atoms with van der Waals surface area (Å²) in [5.74, 6) is 0.0176. The summed E-state index contributed by atoms with van der Waals surface area (Å²) >= 11 is 0. The third-order valence-electron chi connectivity index (χ3n) is 3.51. The lowest BCUT2D eigenvalue weighted by Gasteiger charge is -2.18. The summed E-state index contributed by atoms with van der Waals surface area (Å²) in [5, 5.41) is 6.29. The van der Waals surface area contributed by atoms with E-state index in [1.54, 1.807) is 0 Å². The van der Waals surface area contributed by atoms with Crippen LogP contribution >= 0.6 is 0 Å². The largest absolute Gasteiger partial charge is 0.324 e. The summed E-state index contributed by atoms with van der Waals surface area (Å²) in [5.41, 5.74) is 3.11. The van der Waals surface area contributed by atoms with Crippen LogP contribution in [0.5, 0.6) is 0 Å². The molecule has 1 aliphatic heterocycles. The first-order valence-corrected chi connectivity index (χ1v) is 6.46. The maximum atomic E-state index is 12.0. The van der Waals surface area contributed by atoms with Gasteiger partial charge in [0.2, 0.25) is 5.91 Å². The lowest BCUT2D eigenvalue weighted by atomic mass is 10.0. The van der Waals surface area contributed by atoms with Gasteiger partial charge in [0, 0.05) is 17.3 Å². The van der Waals surface area contributed by atoms with Gasteiger partial charge in [0.25, 0.3) is 0 Å². The molecule has 19 heavy (non-hydrogen) atoms. The molecule has 2 unspecified atom stereocenters. The van der Waals surface area contributed by atoms with Crippen LogP contribution in [0.2, 0.25) is 0 Å². The van der Waals surface area contributed by atoms with Crippen LogP contribution in [0.15, 0.2) is 54.6 Å². The van der Waals surface area contributed by atoms with Crippen LogP contribution in [0.3, 0.4) is 0 Å². The van der Waals surface area contributed by atoms with Gasteiger partial charge in [0.1, 0.15) is 6.04 Å². The molecule has 1 aliphatic rings. The molecule has 2 aromatic rings. The van der Waals surface area contributed by atoms with Gasteiger partial charge < -0.3 is 5.32 Å². The highest BCUT2D eigenvalue weighted by Crippen LogP contribution is 2.31. The number of nitrogens with one attached hydrogen (secondary N) is 2. The summed E-state index contributed by atoms with van der Waals surface area (Å²) in [6, 6.07) is 17.8. The van der Waals surface area contributed by atoms with E-state index in [1.165, 1.54) is 5.56 Å². The number of amides is 1. The van der Waals surface area contributed by atoms with Crippen molar-refractivity contribution >= 4 is 11.6 Å². The minimum absolute atomic E-state index is 0.0176. The van der Waals surface area contributed by atoms with E-state index >= 15 is 0 Å². The Morgan fingerprint density at radius 2 is 1.74 bits per heavy atom. The van der Waals surface area contributed by atoms with E-state index in [1.807, 2.05) is 42.5 Å². The molecular weight excluding hydrogens is 236 g/mol. The number of benzene rings is 2. The van der Waals surface area contributed by atoms with Gasteiger partial charge in [-0.15, -0.1) is 0 Å². The van der Waals surface area contributed by atoms with Crippen molar-refractivity contribution in [2.24, 2.45) is 0 Å². The Labute approximate surface area is 112 Å². The van der Waals surface area contributed by atoms with E-state index in [2.05, 4.69) is 29.7 Å². The fraction of sp³-hybridized carbons (Fsp3) is 0.188. The number of para-hydroxylation sites is 1. The average molecular weight is 252 g/mol. The molecule has 3 nitrogen and oxygen atoms in total. The molecule has 0 spiro atoms. The fourth-order valence-electron chi connectivity index (χ4n) is 2.46. The van der Waals surface area contributed by atoms with Gasteiger partial charge >= 0.3 is 0 Å². The number of carbonyl (C=O) groups is 1. The lowest BCUT2D eigenvalue weighted by Crippen LogP contribution is -2.29. The molecule has 3 heteroatoms. The van der Waals surface area contributed by atoms with Crippen LogP contribution in [0.25, 0.3) is 0 Å². The molecule has 0 aliphatic carbocycles. The standard InChI is InChI=1S/C16H16N2O/c1-11(12-7-3-2-4-8-12)17-15-13-9-5-6-10-14(13)18-16(15)19/h2-11,15,17H,1H3,(H,18,19). The maximum absolute atomic E-state index is 12.0. The van der Waals surface area contributed by atoms with E-state index in [9.17, 15) is 4.79 Å². The topological polar surface area (TPSA) is 41.1 Å². The number of hydrogen-bond acceptors (Lipinski definition) is 2. The molecule has 2 atom stereocenters. The molecule has 96 valence electrons. The highest BCUT2D eigenvalue weighted by Gasteiger charge is 2.30. The Morgan fingerprint density at radius 3 is 2.53 bits per heavy atom. The normalized spacial score (nSPS) is 18.8. The predicted molar refractivity (Wildman–Crippen MR) is 75.8 cm³/mol. The molecule has 2 aromatic carbocycles. The molecule has 2 N–H and O–H groups in total. The zero-order chi connectivity index (χ0) is 13.2. The van der Waals surface area contributed by atoms with Crippen LogP contribution in [-0.2, 0) is 4.79 Å². The Hall–Kier alpha value is -2.13. The maximum Gasteiger partial charge on any atom is 0.246 e. The van der Waals surface area contributed by atoms with Gasteiger partial charge in [-0.2, -0.15) is 0 Å². The Balaban J connectivity index is 1.82. The Bertz CT molecular complexity index is 595. The summed E-state index contributed by atoms with van der Waals surface area (Å²) in [4.78, 5) is 12.0. The predicted octanol–water partition coefficient (Wildman–Crippen LogP) is 3.03. The minimum Gasteiger partial charge on any atom is -0.324 e. The minimum atomic E-state index is -0.272. The van der Waals surface area contributed by atoms with Crippen LogP contribution in [0.1, 0.15) is 30.1 Å². The fourth-order valence-corrected chi connectivity index (χ4v) is 2.46. The third-order valence-corrected chi connectivity index (χ3v) is 3.51. The molecule has 1 heterocycles. The van der Waals surface area contributed by atoms with Crippen LogP contribution in [0, 0.1) is 0 Å². The van der Waals surface area contributed by atoms with Gasteiger partial charge in [-0.3, -0.25) is 10.1 Å². The molecule has 0 aromatic heterocycles. The molecule has 0 saturated carbocycles. The van der Waals surface area contributed by atoms with Crippen molar-refractivity contribution in [1.82, 2.24) is 5.32 Å². The van der Waals surface area contributed by atoms with E-state index in [0.29, 0.717) is 0 Å². The third kappa shape index (κ3) is 2.25. The molecule has 0 bridgehead atoms. The quantitative estimate of drug-likeness (QED) is 0.881. The smallest absolute Gasteiger partial charge is 0.246 e. The summed E-state index contributed by atoms with van der Waals surface area (Å²) < 4.78 is 0. The summed E-state index contributed by atoms with van der Waals surface area (Å²) in [6.07, 6.45) is 0. The van der Waals surface area contributed by atoms with Crippen molar-refractivity contribution in [3.63, 3.8) is 0 Å². The summed E-state index contributed by atoms with van der Waals surface area (Å²) in [6.45, 7) is 2.07. The van der Waals surface area contributed by atoms with Crippen molar-refractivity contribution in [2.75, 3.05) is 5.32 Å². The van der Waals surface area contributed by atoms with E-state index < -0.39 is 0 Å². The van der Waals surface area contributed by atoms with Crippen LogP contribution in [0.4, 0.5) is 5.69 Å². The van der Waals surface area contributed by atoms with Gasteiger partial charge in [0.15, 0.2) is 0 Å². The molecule has 0 fully saturated rings. The second kappa shape index (κ2) is 4.86. The van der Waals surface area contributed by atoms with Gasteiger partial charge in [-0.1, -0.05) is 48.5 Å². The first-order valence-electron chi connectivity index (χ1n) is 6.46. The van der Waals surface area contributed by atoms with Crippen LogP contribution in [-0.4, -0.2) is 5.91 Å². The monoisotopic (exact) mass is 252 g/mol. The molecule has 0 radical (unpaired) electrons. The molecule has 3 rings (SSSR count). The van der Waals surface area contributed by atoms with Gasteiger partial charge in [0.05, 0.1) is 0 Å². The zero-order valence-corrected chi connectivity index (χ0v) is 10.8. The Morgan fingerprint density at radius 1 is 1.05 bits per heavy atom. The number of fused-ring (bicyclic) bond motifs is 1. The van der Waals surface area contributed by atoms with E-state index in [4.69, 9.17) is 0 Å². The highest BCUT2D eigenvalue weighted by atomic mass is 16.2.